The van der Waals surface area contributed by atoms with E-state index >= 15 is 0 Å². The summed E-state index contributed by atoms with van der Waals surface area (Å²) >= 11 is 0. The smallest absolute Gasteiger partial charge is 0.372 e. The molecule has 642 valence electrons. The standard InChI is InChI=1S/C27H26O14.2C26H24O14/c1-38-26(36)20(32)13-21(40-22(33)9-5-14-3-7-16(28)18(30)11-14)25(24(35)27(37)39-2)41-23(34)10-6-15-4-8-17(29)19(31)12-15;1-38-26(37)19(31)12-20(39-21(32)8-4-13-2-6-15(27)17(29)10-13)24(23(34)25(35)36)40-22(33)9-5-14-3-7-16(28)18(30)11-14;1-38-26(37)23(34)24(40-22(33)9-5-14-3-7-16(28)18(30)11-14)20(12-19(31)25(35)36)39-21(32)8-4-13-2-6-15(27)17(29)10-13/h3-13,21,24-25,28-32,35H,1-2H3;2*2-12,20,23-24,27-31,34H,1H3,(H,35,36)/b9-5+,10-6+,20-13-;2*8-4+,9-5+,19-12-. The Morgan fingerprint density at radius 1 is 0.264 bits per heavy atom. The Kier molecular flexibility index (Phi) is 37.4. The van der Waals surface area contributed by atoms with Crippen LogP contribution in [0, 0.1) is 0 Å². The molecule has 20 N–H and O–H groups in total. The molecule has 0 fully saturated rings. The van der Waals surface area contributed by atoms with Crippen molar-refractivity contribution in [1.29, 1.82) is 0 Å². The molecular weight excluding hydrogens is 1620 g/mol. The number of ether oxygens (including phenoxy) is 10. The van der Waals surface area contributed by atoms with Gasteiger partial charge < -0.3 is 149 Å². The molecular formula is C79H74O42. The fourth-order valence-electron chi connectivity index (χ4n) is 8.95. The van der Waals surface area contributed by atoms with Gasteiger partial charge in [-0.3, -0.25) is 0 Å². The van der Waals surface area contributed by atoms with Crippen molar-refractivity contribution in [3.8, 4) is 69.0 Å². The Bertz CT molecular complexity index is 5080. The number of carboxylic acid groups (broad SMARTS) is 2. The minimum atomic E-state index is -2.53. The van der Waals surface area contributed by atoms with Crippen LogP contribution in [0.5, 0.6) is 69.0 Å². The van der Waals surface area contributed by atoms with Gasteiger partial charge in [0.2, 0.25) is 17.3 Å². The van der Waals surface area contributed by atoms with Gasteiger partial charge in [-0.2, -0.15) is 0 Å². The van der Waals surface area contributed by atoms with E-state index in [2.05, 4.69) is 18.9 Å². The molecule has 0 aliphatic carbocycles. The van der Waals surface area contributed by atoms with E-state index in [9.17, 15) is 155 Å². The number of aliphatic hydroxyl groups excluding tert-OH is 6. The highest BCUT2D eigenvalue weighted by Gasteiger charge is 2.42. The minimum Gasteiger partial charge on any atom is -0.504 e. The van der Waals surface area contributed by atoms with Gasteiger partial charge in [0.25, 0.3) is 0 Å². The van der Waals surface area contributed by atoms with Crippen LogP contribution in [-0.4, -0.2) is 257 Å². The Morgan fingerprint density at radius 3 is 0.645 bits per heavy atom. The number of aliphatic hydroxyl groups is 6. The zero-order valence-corrected chi connectivity index (χ0v) is 62.7. The molecule has 42 nitrogen and oxygen atoms in total. The quantitative estimate of drug-likeness (QED) is 0.00922. The van der Waals surface area contributed by atoms with Gasteiger partial charge in [0, 0.05) is 54.7 Å². The summed E-state index contributed by atoms with van der Waals surface area (Å²) in [5.41, 5.74) is 1.34. The number of benzene rings is 6. The molecule has 0 amide bonds. The number of rotatable bonds is 33. The summed E-state index contributed by atoms with van der Waals surface area (Å²) in [5.74, 6) is -25.7. The van der Waals surface area contributed by atoms with Gasteiger partial charge >= 0.3 is 71.6 Å². The zero-order valence-electron chi connectivity index (χ0n) is 62.7. The van der Waals surface area contributed by atoms with Crippen molar-refractivity contribution < 1.29 is 207 Å². The number of carbonyl (C=O) groups excluding carboxylic acids is 10. The van der Waals surface area contributed by atoms with Crippen LogP contribution in [0.15, 0.2) is 181 Å². The third-order valence-corrected chi connectivity index (χ3v) is 15.0. The number of aliphatic carboxylic acids is 2. The lowest BCUT2D eigenvalue weighted by Crippen LogP contribution is -2.47. The predicted molar refractivity (Wildman–Crippen MR) is 406 cm³/mol. The van der Waals surface area contributed by atoms with Crippen molar-refractivity contribution in [3.63, 3.8) is 0 Å². The van der Waals surface area contributed by atoms with Crippen molar-refractivity contribution in [3.05, 3.63) is 215 Å². The van der Waals surface area contributed by atoms with E-state index in [4.69, 9.17) is 33.5 Å². The van der Waals surface area contributed by atoms with E-state index < -0.39 is 213 Å². The number of esters is 10. The summed E-state index contributed by atoms with van der Waals surface area (Å²) in [6.07, 6.45) is -6.83. The second kappa shape index (κ2) is 46.8. The Hall–Kier alpha value is -16.5. The van der Waals surface area contributed by atoms with E-state index in [1.807, 2.05) is 0 Å². The molecule has 0 saturated carbocycles. The Labute approximate surface area is 679 Å². The molecule has 6 aromatic carbocycles. The van der Waals surface area contributed by atoms with E-state index in [0.717, 1.165) is 174 Å². The van der Waals surface area contributed by atoms with E-state index in [-0.39, 0.29) is 33.4 Å². The van der Waals surface area contributed by atoms with E-state index in [1.165, 1.54) is 36.4 Å². The largest absolute Gasteiger partial charge is 0.504 e. The first kappa shape index (κ1) is 96.9. The molecule has 0 saturated heterocycles. The van der Waals surface area contributed by atoms with Crippen molar-refractivity contribution in [2.45, 2.75) is 54.9 Å². The molecule has 0 radical (unpaired) electrons. The monoisotopic (exact) mass is 1690 g/mol. The van der Waals surface area contributed by atoms with Gasteiger partial charge in [-0.15, -0.1) is 0 Å². The first-order valence-electron chi connectivity index (χ1n) is 33.5. The summed E-state index contributed by atoms with van der Waals surface area (Å²) in [4.78, 5) is 145. The Morgan fingerprint density at radius 2 is 0.463 bits per heavy atom. The van der Waals surface area contributed by atoms with Crippen LogP contribution >= 0.6 is 0 Å². The summed E-state index contributed by atoms with van der Waals surface area (Å²) in [6, 6.07) is 21.4. The van der Waals surface area contributed by atoms with Gasteiger partial charge in [0.15, 0.2) is 124 Å². The average molecular weight is 1700 g/mol. The van der Waals surface area contributed by atoms with E-state index in [1.54, 1.807) is 0 Å². The van der Waals surface area contributed by atoms with Gasteiger partial charge in [-0.05, 0) is 143 Å². The highest BCUT2D eigenvalue weighted by Crippen LogP contribution is 2.32. The molecule has 0 aliphatic rings. The molecule has 0 aromatic heterocycles. The fourth-order valence-corrected chi connectivity index (χ4v) is 8.95. The molecule has 42 heteroatoms. The summed E-state index contributed by atoms with van der Waals surface area (Å²) in [7, 11) is 3.61. The van der Waals surface area contributed by atoms with Crippen LogP contribution in [0.4, 0.5) is 0 Å². The number of hydrogen-bond acceptors (Lipinski definition) is 40. The predicted octanol–water partition coefficient (Wildman–Crippen LogP) is 3.45. The van der Waals surface area contributed by atoms with Crippen LogP contribution in [0.1, 0.15) is 33.4 Å². The summed E-state index contributed by atoms with van der Waals surface area (Å²) < 4.78 is 48.0. The normalized spacial score (nSPS) is 13.9. The van der Waals surface area contributed by atoms with Gasteiger partial charge in [-0.25, -0.2) is 57.5 Å². The molecule has 6 rings (SSSR count). The number of methoxy groups -OCH3 is 4. The maximum absolute atomic E-state index is 12.6. The highest BCUT2D eigenvalue weighted by atomic mass is 16.6. The molecule has 0 spiro atoms. The maximum Gasteiger partial charge on any atom is 0.372 e. The molecule has 0 bridgehead atoms. The Balaban J connectivity index is 0.000000381. The molecule has 121 heavy (non-hydrogen) atoms. The number of phenols is 12. The second-order valence-corrected chi connectivity index (χ2v) is 23.6. The highest BCUT2D eigenvalue weighted by molar-refractivity contribution is 5.93. The average Bonchev–Trinajstić information content (AvgIpc) is 0.841. The van der Waals surface area contributed by atoms with Crippen LogP contribution < -0.4 is 0 Å². The number of carboxylic acids is 2. The first-order valence-corrected chi connectivity index (χ1v) is 33.5. The van der Waals surface area contributed by atoms with E-state index in [0.29, 0.717) is 18.2 Å². The van der Waals surface area contributed by atoms with Crippen LogP contribution in [-0.2, 0) is 105 Å². The first-order chi connectivity index (χ1) is 57.0. The van der Waals surface area contributed by atoms with Crippen molar-refractivity contribution >= 4 is 108 Å². The lowest BCUT2D eigenvalue weighted by atomic mass is 10.1. The third kappa shape index (κ3) is 31.7. The lowest BCUT2D eigenvalue weighted by Gasteiger charge is -2.26. The van der Waals surface area contributed by atoms with Crippen molar-refractivity contribution in [2.75, 3.05) is 28.4 Å². The second-order valence-electron chi connectivity index (χ2n) is 23.6. The van der Waals surface area contributed by atoms with Crippen LogP contribution in [0.3, 0.4) is 0 Å². The van der Waals surface area contributed by atoms with Crippen LogP contribution in [0.25, 0.3) is 36.5 Å². The van der Waals surface area contributed by atoms with Gasteiger partial charge in [0.1, 0.15) is 0 Å². The molecule has 9 atom stereocenters. The zero-order chi connectivity index (χ0) is 90.7. The molecule has 6 aromatic rings. The summed E-state index contributed by atoms with van der Waals surface area (Å²) in [6.45, 7) is 0. The minimum absolute atomic E-state index is 0.208. The lowest BCUT2D eigenvalue weighted by molar-refractivity contribution is -0.178. The molecule has 0 aliphatic heterocycles. The van der Waals surface area contributed by atoms with Gasteiger partial charge in [-0.1, -0.05) is 36.4 Å². The topological polar surface area (TPSA) is 702 Å². The number of carbonyl (C=O) groups is 12. The maximum atomic E-state index is 12.6. The van der Waals surface area contributed by atoms with Crippen molar-refractivity contribution in [2.24, 2.45) is 0 Å². The third-order valence-electron chi connectivity index (χ3n) is 15.0. The van der Waals surface area contributed by atoms with Crippen LogP contribution in [0.2, 0.25) is 0 Å². The number of aromatic hydroxyl groups is 12. The number of phenolic OH excluding ortho intramolecular Hbond substituents is 12. The molecule has 0 heterocycles. The van der Waals surface area contributed by atoms with Gasteiger partial charge in [0.05, 0.1) is 28.4 Å². The van der Waals surface area contributed by atoms with Crippen molar-refractivity contribution in [1.82, 2.24) is 0 Å². The number of hydrogen-bond donors (Lipinski definition) is 20. The fraction of sp³-hybridized carbons (Fsp3) is 0.165. The summed E-state index contributed by atoms with van der Waals surface area (Å²) in [5, 5.41) is 193. The molecule has 9 unspecified atom stereocenters. The SMILES string of the molecule is COC(=O)/C(O)=C/C(OC(=O)/C=C/c1ccc(O)c(O)c1)C(OC(=O)/C=C/c1ccc(O)c(O)c1)C(O)C(=O)O.COC(=O)/C(O)=C/C(OC(=O)/C=C/c1ccc(O)c(O)c1)C(OC(=O)/C=C/c1ccc(O)c(O)c1)C(O)C(=O)OC.COC(=O)C(O)C(OC(=O)/C=C/c1ccc(O)c(O)c1)C(/C=C(\O)C(=O)O)OC(=O)/C=C/c1ccc(O)c(O)c1.